The molecule has 21 heavy (non-hydrogen) atoms. The van der Waals surface area contributed by atoms with E-state index in [2.05, 4.69) is 20.6 Å². The van der Waals surface area contributed by atoms with E-state index < -0.39 is 5.97 Å². The number of amides is 1. The lowest BCUT2D eigenvalue weighted by molar-refractivity contribution is 0.0691. The number of aromatic nitrogens is 2. The molecule has 2 aromatic rings. The Bertz CT molecular complexity index is 656. The SMILES string of the molecule is CNC(=O)c1cc(NCCc2nc(C(=O)O)cs2)ccn1. The van der Waals surface area contributed by atoms with Crippen LogP contribution in [0.15, 0.2) is 23.7 Å². The van der Waals surface area contributed by atoms with Crippen LogP contribution < -0.4 is 10.6 Å². The van der Waals surface area contributed by atoms with E-state index in [4.69, 9.17) is 5.11 Å². The van der Waals surface area contributed by atoms with Crippen molar-refractivity contribution in [3.8, 4) is 0 Å². The molecule has 0 saturated heterocycles. The topological polar surface area (TPSA) is 104 Å². The van der Waals surface area contributed by atoms with Crippen molar-refractivity contribution < 1.29 is 14.7 Å². The minimum atomic E-state index is -1.02. The summed E-state index contributed by atoms with van der Waals surface area (Å²) in [6.07, 6.45) is 2.16. The van der Waals surface area contributed by atoms with Gasteiger partial charge in [0.25, 0.3) is 5.91 Å². The van der Waals surface area contributed by atoms with E-state index in [1.807, 2.05) is 0 Å². The molecule has 0 spiro atoms. The summed E-state index contributed by atoms with van der Waals surface area (Å²) in [6, 6.07) is 3.42. The Balaban J connectivity index is 1.91. The smallest absolute Gasteiger partial charge is 0.355 e. The minimum absolute atomic E-state index is 0.0702. The highest BCUT2D eigenvalue weighted by Crippen LogP contribution is 2.12. The zero-order chi connectivity index (χ0) is 15.2. The Morgan fingerprint density at radius 1 is 1.38 bits per heavy atom. The van der Waals surface area contributed by atoms with E-state index in [1.54, 1.807) is 25.4 Å². The number of carboxylic acids is 1. The summed E-state index contributed by atoms with van der Waals surface area (Å²) in [5.41, 5.74) is 1.18. The first-order chi connectivity index (χ1) is 10.1. The van der Waals surface area contributed by atoms with Crippen LogP contribution in [-0.4, -0.2) is 40.5 Å². The molecule has 3 N–H and O–H groups in total. The summed E-state index contributed by atoms with van der Waals surface area (Å²) in [5.74, 6) is -1.26. The molecule has 0 bridgehead atoms. The molecule has 0 radical (unpaired) electrons. The van der Waals surface area contributed by atoms with Gasteiger partial charge in [-0.3, -0.25) is 9.78 Å². The highest BCUT2D eigenvalue weighted by atomic mass is 32.1. The number of carbonyl (C=O) groups excluding carboxylic acids is 1. The van der Waals surface area contributed by atoms with Crippen molar-refractivity contribution in [2.75, 3.05) is 18.9 Å². The van der Waals surface area contributed by atoms with Crippen LogP contribution in [-0.2, 0) is 6.42 Å². The van der Waals surface area contributed by atoms with Crippen molar-refractivity contribution >= 4 is 28.9 Å². The van der Waals surface area contributed by atoms with Crippen molar-refractivity contribution in [1.29, 1.82) is 0 Å². The average Bonchev–Trinajstić information content (AvgIpc) is 2.96. The number of nitrogens with zero attached hydrogens (tertiary/aromatic N) is 2. The number of hydrogen-bond donors (Lipinski definition) is 3. The van der Waals surface area contributed by atoms with Gasteiger partial charge in [0.1, 0.15) is 5.69 Å². The molecule has 2 heterocycles. The second-order valence-electron chi connectivity index (χ2n) is 4.12. The molecule has 0 aliphatic rings. The van der Waals surface area contributed by atoms with Crippen LogP contribution in [0.25, 0.3) is 0 Å². The van der Waals surface area contributed by atoms with Gasteiger partial charge >= 0.3 is 5.97 Å². The Hall–Kier alpha value is -2.48. The third-order valence-electron chi connectivity index (χ3n) is 2.66. The molecule has 8 heteroatoms. The van der Waals surface area contributed by atoms with Crippen molar-refractivity contribution in [1.82, 2.24) is 15.3 Å². The molecule has 110 valence electrons. The van der Waals surface area contributed by atoms with Gasteiger partial charge in [-0.15, -0.1) is 11.3 Å². The van der Waals surface area contributed by atoms with Crippen LogP contribution in [0, 0.1) is 0 Å². The Morgan fingerprint density at radius 2 is 2.19 bits per heavy atom. The van der Waals surface area contributed by atoms with Crippen molar-refractivity contribution in [2.45, 2.75) is 6.42 Å². The molecule has 0 aliphatic heterocycles. The highest BCUT2D eigenvalue weighted by molar-refractivity contribution is 7.09. The predicted octanol–water partition coefficient (Wildman–Crippen LogP) is 1.25. The monoisotopic (exact) mass is 306 g/mol. The fraction of sp³-hybridized carbons (Fsp3) is 0.231. The van der Waals surface area contributed by atoms with Gasteiger partial charge in [-0.1, -0.05) is 0 Å². The van der Waals surface area contributed by atoms with E-state index in [1.165, 1.54) is 16.7 Å². The quantitative estimate of drug-likeness (QED) is 0.742. The summed E-state index contributed by atoms with van der Waals surface area (Å²) in [5, 5.41) is 16.7. The lowest BCUT2D eigenvalue weighted by Crippen LogP contribution is -2.19. The molecule has 0 fully saturated rings. The number of rotatable bonds is 6. The first-order valence-electron chi connectivity index (χ1n) is 6.20. The van der Waals surface area contributed by atoms with Crippen LogP contribution >= 0.6 is 11.3 Å². The molecule has 0 unspecified atom stereocenters. The molecule has 2 rings (SSSR count). The number of aromatic carboxylic acids is 1. The summed E-state index contributed by atoms with van der Waals surface area (Å²) in [4.78, 5) is 30.2. The lowest BCUT2D eigenvalue weighted by Gasteiger charge is -2.06. The highest BCUT2D eigenvalue weighted by Gasteiger charge is 2.08. The van der Waals surface area contributed by atoms with E-state index in [9.17, 15) is 9.59 Å². The van der Waals surface area contributed by atoms with Gasteiger partial charge in [0.15, 0.2) is 5.69 Å². The largest absolute Gasteiger partial charge is 0.476 e. The number of carbonyl (C=O) groups is 2. The fourth-order valence-corrected chi connectivity index (χ4v) is 2.40. The van der Waals surface area contributed by atoms with Gasteiger partial charge in [-0.25, -0.2) is 9.78 Å². The summed E-state index contributed by atoms with van der Waals surface area (Å²) < 4.78 is 0. The number of pyridine rings is 1. The van der Waals surface area contributed by atoms with Gasteiger partial charge in [0.2, 0.25) is 0 Å². The molecular weight excluding hydrogens is 292 g/mol. The van der Waals surface area contributed by atoms with Crippen LogP contribution in [0.2, 0.25) is 0 Å². The summed E-state index contributed by atoms with van der Waals surface area (Å²) >= 11 is 1.32. The fourth-order valence-electron chi connectivity index (χ4n) is 1.63. The van der Waals surface area contributed by atoms with Gasteiger partial charge in [0, 0.05) is 37.3 Å². The third-order valence-corrected chi connectivity index (χ3v) is 3.57. The Labute approximate surface area is 125 Å². The average molecular weight is 306 g/mol. The summed E-state index contributed by atoms with van der Waals surface area (Å²) in [7, 11) is 1.55. The first-order valence-corrected chi connectivity index (χ1v) is 7.08. The number of thiazole rings is 1. The van der Waals surface area contributed by atoms with Crippen molar-refractivity contribution in [3.63, 3.8) is 0 Å². The predicted molar refractivity (Wildman–Crippen MR) is 78.9 cm³/mol. The normalized spacial score (nSPS) is 10.1. The second-order valence-corrected chi connectivity index (χ2v) is 5.06. The minimum Gasteiger partial charge on any atom is -0.476 e. The molecule has 0 aliphatic carbocycles. The molecule has 2 aromatic heterocycles. The maximum atomic E-state index is 11.5. The number of carboxylic acid groups (broad SMARTS) is 1. The molecular formula is C13H14N4O3S. The van der Waals surface area contributed by atoms with E-state index >= 15 is 0 Å². The number of nitrogens with one attached hydrogen (secondary N) is 2. The van der Waals surface area contributed by atoms with E-state index in [0.717, 1.165) is 10.7 Å². The maximum Gasteiger partial charge on any atom is 0.355 e. The summed E-state index contributed by atoms with van der Waals surface area (Å²) in [6.45, 7) is 0.587. The molecule has 0 aromatic carbocycles. The third kappa shape index (κ3) is 3.99. The van der Waals surface area contributed by atoms with E-state index in [0.29, 0.717) is 18.7 Å². The van der Waals surface area contributed by atoms with Gasteiger partial charge < -0.3 is 15.7 Å². The van der Waals surface area contributed by atoms with Crippen LogP contribution in [0.4, 0.5) is 5.69 Å². The van der Waals surface area contributed by atoms with E-state index in [-0.39, 0.29) is 11.6 Å². The van der Waals surface area contributed by atoms with Crippen molar-refractivity contribution in [2.24, 2.45) is 0 Å². The zero-order valence-electron chi connectivity index (χ0n) is 11.3. The van der Waals surface area contributed by atoms with Gasteiger partial charge in [-0.2, -0.15) is 0 Å². The number of anilines is 1. The number of hydrogen-bond acceptors (Lipinski definition) is 6. The van der Waals surface area contributed by atoms with Crippen LogP contribution in [0.1, 0.15) is 26.0 Å². The van der Waals surface area contributed by atoms with Crippen LogP contribution in [0.3, 0.4) is 0 Å². The van der Waals surface area contributed by atoms with Gasteiger partial charge in [0.05, 0.1) is 5.01 Å². The standard InChI is InChI=1S/C13H14N4O3S/c1-14-12(18)9-6-8(2-4-16-9)15-5-3-11-17-10(7-21-11)13(19)20/h2,4,6-7H,3,5H2,1H3,(H,14,18)(H,15,16)(H,19,20). The van der Waals surface area contributed by atoms with Crippen molar-refractivity contribution in [3.05, 3.63) is 40.1 Å². The maximum absolute atomic E-state index is 11.5. The molecule has 0 atom stereocenters. The van der Waals surface area contributed by atoms with Crippen LogP contribution in [0.5, 0.6) is 0 Å². The lowest BCUT2D eigenvalue weighted by atomic mass is 10.3. The Kier molecular flexibility index (Phi) is 4.83. The zero-order valence-corrected chi connectivity index (χ0v) is 12.1. The first kappa shape index (κ1) is 14.9. The molecule has 7 nitrogen and oxygen atoms in total. The molecule has 0 saturated carbocycles. The van der Waals surface area contributed by atoms with Gasteiger partial charge in [-0.05, 0) is 12.1 Å². The second kappa shape index (κ2) is 6.80. The Morgan fingerprint density at radius 3 is 2.86 bits per heavy atom. The molecule has 1 amide bonds.